The Balaban J connectivity index is 0.00000300. The minimum Gasteiger partial charge on any atom is -0.356 e. The average molecular weight is 559 g/mol. The molecule has 12 heteroatoms. The van der Waals surface area contributed by atoms with Crippen LogP contribution in [0.4, 0.5) is 13.2 Å². The maximum Gasteiger partial charge on any atom is 0.434 e. The van der Waals surface area contributed by atoms with Crippen LogP contribution in [0.25, 0.3) is 0 Å². The largest absolute Gasteiger partial charge is 0.434 e. The molecule has 2 N–H and O–H groups in total. The van der Waals surface area contributed by atoms with Gasteiger partial charge in [0.15, 0.2) is 11.7 Å². The van der Waals surface area contributed by atoms with E-state index in [1.807, 2.05) is 4.90 Å². The summed E-state index contributed by atoms with van der Waals surface area (Å²) in [4.78, 5) is 23.2. The maximum absolute atomic E-state index is 12.6. The Bertz CT molecular complexity index is 852. The Kier molecular flexibility index (Phi) is 8.70. The first-order valence-electron chi connectivity index (χ1n) is 8.66. The minimum absolute atomic E-state index is 0. The van der Waals surface area contributed by atoms with Gasteiger partial charge in [-0.15, -0.1) is 46.7 Å². The van der Waals surface area contributed by atoms with Crippen molar-refractivity contribution in [3.8, 4) is 0 Å². The zero-order valence-corrected chi connectivity index (χ0v) is 19.5. The number of nitrogens with zero attached hydrogens (tertiary/aromatic N) is 3. The molecule has 0 saturated heterocycles. The molecule has 29 heavy (non-hydrogen) atoms. The Morgan fingerprint density at radius 1 is 1.34 bits per heavy atom. The molecule has 2 aromatic rings. The summed E-state index contributed by atoms with van der Waals surface area (Å²) in [6, 6.07) is 2.06. The van der Waals surface area contributed by atoms with E-state index in [0.717, 1.165) is 29.7 Å². The fraction of sp³-hybridized carbons (Fsp3) is 0.471. The molecule has 0 aliphatic carbocycles. The number of hydrogen-bond donors (Lipinski definition) is 2. The summed E-state index contributed by atoms with van der Waals surface area (Å²) >= 11 is 2.66. The van der Waals surface area contributed by atoms with Gasteiger partial charge in [0, 0.05) is 43.4 Å². The van der Waals surface area contributed by atoms with Crippen LogP contribution in [0.15, 0.2) is 21.8 Å². The normalized spacial score (nSPS) is 14.2. The zero-order valence-electron chi connectivity index (χ0n) is 15.6. The smallest absolute Gasteiger partial charge is 0.356 e. The number of aliphatic imine (C=N–C) groups is 1. The number of hydrogen-bond acceptors (Lipinski definition) is 5. The van der Waals surface area contributed by atoms with Gasteiger partial charge in [0.2, 0.25) is 5.91 Å². The molecular weight excluding hydrogens is 538 g/mol. The lowest BCUT2D eigenvalue weighted by Gasteiger charge is -2.27. The van der Waals surface area contributed by atoms with E-state index in [-0.39, 0.29) is 36.4 Å². The Morgan fingerprint density at radius 3 is 2.83 bits per heavy atom. The summed E-state index contributed by atoms with van der Waals surface area (Å²) in [5, 5.41) is 9.27. The van der Waals surface area contributed by atoms with E-state index in [1.54, 1.807) is 18.4 Å². The van der Waals surface area contributed by atoms with Crippen LogP contribution in [-0.2, 0) is 30.5 Å². The molecule has 0 radical (unpaired) electrons. The van der Waals surface area contributed by atoms with Crippen LogP contribution in [0, 0.1) is 0 Å². The third-order valence-corrected chi connectivity index (χ3v) is 6.14. The molecule has 0 unspecified atom stereocenters. The number of rotatable bonds is 5. The van der Waals surface area contributed by atoms with Crippen molar-refractivity contribution in [3.05, 3.63) is 38.0 Å². The van der Waals surface area contributed by atoms with Gasteiger partial charge in [0.25, 0.3) is 0 Å². The highest BCUT2D eigenvalue weighted by Crippen LogP contribution is 2.30. The van der Waals surface area contributed by atoms with Gasteiger partial charge in [-0.2, -0.15) is 13.2 Å². The lowest BCUT2D eigenvalue weighted by molar-refractivity contribution is -0.140. The van der Waals surface area contributed by atoms with Crippen LogP contribution >= 0.6 is 46.7 Å². The summed E-state index contributed by atoms with van der Waals surface area (Å²) in [6.45, 7) is 1.89. The van der Waals surface area contributed by atoms with Crippen molar-refractivity contribution in [3.63, 3.8) is 0 Å². The number of nitrogens with one attached hydrogen (secondary N) is 2. The van der Waals surface area contributed by atoms with Crippen molar-refractivity contribution in [2.75, 3.05) is 20.1 Å². The van der Waals surface area contributed by atoms with Gasteiger partial charge in [-0.3, -0.25) is 9.79 Å². The quantitative estimate of drug-likeness (QED) is 0.335. The van der Waals surface area contributed by atoms with Gasteiger partial charge in [0.05, 0.1) is 6.54 Å². The number of halogens is 4. The minimum atomic E-state index is -4.44. The molecule has 6 nitrogen and oxygen atoms in total. The van der Waals surface area contributed by atoms with E-state index in [2.05, 4.69) is 32.1 Å². The first-order chi connectivity index (χ1) is 13.4. The van der Waals surface area contributed by atoms with Crippen LogP contribution in [0.1, 0.15) is 27.6 Å². The molecule has 3 rings (SSSR count). The standard InChI is InChI=1S/C17H20F3N5OS2.HI/c1-21-16(23-8-14-24-13(10-28-14)17(18,19)20)22-5-2-15(26)25-6-3-12-11(9-25)4-7-27-12;/h4,7,10H,2-3,5-6,8-9H2,1H3,(H2,21,22,23);1H. The fourth-order valence-corrected chi connectivity index (χ4v) is 4.44. The average Bonchev–Trinajstić information content (AvgIpc) is 3.32. The monoisotopic (exact) mass is 559 g/mol. The highest BCUT2D eigenvalue weighted by atomic mass is 127. The molecule has 0 fully saturated rings. The zero-order chi connectivity index (χ0) is 20.1. The van der Waals surface area contributed by atoms with Crippen LogP contribution in [-0.4, -0.2) is 41.9 Å². The molecule has 0 saturated carbocycles. The molecule has 1 amide bonds. The van der Waals surface area contributed by atoms with E-state index in [4.69, 9.17) is 0 Å². The number of amides is 1. The van der Waals surface area contributed by atoms with Crippen molar-refractivity contribution >= 4 is 58.5 Å². The Morgan fingerprint density at radius 2 is 2.14 bits per heavy atom. The highest BCUT2D eigenvalue weighted by Gasteiger charge is 2.33. The number of thiophene rings is 1. The number of guanidine groups is 1. The first kappa shape index (κ1) is 23.9. The Hall–Kier alpha value is -1.41. The SMILES string of the molecule is CN=C(NCCC(=O)N1CCc2sccc2C1)NCc1nc(C(F)(F)F)cs1.I. The molecule has 1 aliphatic heterocycles. The maximum atomic E-state index is 12.6. The number of carbonyl (C=O) groups is 1. The lowest BCUT2D eigenvalue weighted by Crippen LogP contribution is -2.40. The van der Waals surface area contributed by atoms with Gasteiger partial charge in [0.1, 0.15) is 5.01 Å². The third kappa shape index (κ3) is 6.54. The molecule has 0 atom stereocenters. The van der Waals surface area contributed by atoms with Gasteiger partial charge in [-0.05, 0) is 23.4 Å². The Labute approximate surface area is 191 Å². The molecule has 3 heterocycles. The van der Waals surface area contributed by atoms with Crippen molar-refractivity contribution in [2.24, 2.45) is 4.99 Å². The number of fused-ring (bicyclic) bond motifs is 1. The van der Waals surface area contributed by atoms with Crippen LogP contribution in [0.5, 0.6) is 0 Å². The molecule has 0 spiro atoms. The predicted molar refractivity (Wildman–Crippen MR) is 119 cm³/mol. The van der Waals surface area contributed by atoms with Crippen molar-refractivity contribution in [1.29, 1.82) is 0 Å². The third-order valence-electron chi connectivity index (χ3n) is 4.26. The van der Waals surface area contributed by atoms with E-state index in [1.165, 1.54) is 10.4 Å². The van der Waals surface area contributed by atoms with Gasteiger partial charge in [-0.1, -0.05) is 0 Å². The summed E-state index contributed by atoms with van der Waals surface area (Å²) in [5.41, 5.74) is 0.329. The van der Waals surface area contributed by atoms with Crippen molar-refractivity contribution < 1.29 is 18.0 Å². The molecule has 0 aromatic carbocycles. The van der Waals surface area contributed by atoms with Crippen LogP contribution in [0.2, 0.25) is 0 Å². The van der Waals surface area contributed by atoms with E-state index >= 15 is 0 Å². The second-order valence-electron chi connectivity index (χ2n) is 6.16. The van der Waals surface area contributed by atoms with Gasteiger partial charge >= 0.3 is 6.18 Å². The summed E-state index contributed by atoms with van der Waals surface area (Å²) in [6.07, 6.45) is -3.23. The molecule has 0 bridgehead atoms. The molecular formula is C17H21F3IN5OS2. The van der Waals surface area contributed by atoms with E-state index in [9.17, 15) is 18.0 Å². The second-order valence-corrected chi connectivity index (χ2v) is 8.10. The van der Waals surface area contributed by atoms with Crippen LogP contribution < -0.4 is 10.6 Å². The molecule has 1 aliphatic rings. The van der Waals surface area contributed by atoms with Crippen LogP contribution in [0.3, 0.4) is 0 Å². The fourth-order valence-electron chi connectivity index (χ4n) is 2.81. The highest BCUT2D eigenvalue weighted by molar-refractivity contribution is 14.0. The predicted octanol–water partition coefficient (Wildman–Crippen LogP) is 3.48. The number of alkyl halides is 3. The lowest BCUT2D eigenvalue weighted by atomic mass is 10.1. The van der Waals surface area contributed by atoms with Gasteiger partial charge < -0.3 is 15.5 Å². The number of aromatic nitrogens is 1. The first-order valence-corrected chi connectivity index (χ1v) is 10.4. The number of carbonyl (C=O) groups excluding carboxylic acids is 1. The van der Waals surface area contributed by atoms with E-state index in [0.29, 0.717) is 30.5 Å². The second kappa shape index (κ2) is 10.6. The summed E-state index contributed by atoms with van der Waals surface area (Å²) in [7, 11) is 1.56. The summed E-state index contributed by atoms with van der Waals surface area (Å²) < 4.78 is 37.7. The topological polar surface area (TPSA) is 69.6 Å². The van der Waals surface area contributed by atoms with Crippen molar-refractivity contribution in [1.82, 2.24) is 20.5 Å². The summed E-state index contributed by atoms with van der Waals surface area (Å²) in [5.74, 6) is 0.477. The number of thiazole rings is 1. The van der Waals surface area contributed by atoms with Gasteiger partial charge in [-0.25, -0.2) is 4.98 Å². The van der Waals surface area contributed by atoms with Crippen molar-refractivity contribution in [2.45, 2.75) is 32.1 Å². The molecule has 160 valence electrons. The van der Waals surface area contributed by atoms with E-state index < -0.39 is 11.9 Å². The molecule has 2 aromatic heterocycles.